The van der Waals surface area contributed by atoms with E-state index < -0.39 is 0 Å². The van der Waals surface area contributed by atoms with E-state index in [-0.39, 0.29) is 6.61 Å². The molecule has 16 heavy (non-hydrogen) atoms. The van der Waals surface area contributed by atoms with Gasteiger partial charge in [-0.3, -0.25) is 0 Å². The summed E-state index contributed by atoms with van der Waals surface area (Å²) < 4.78 is 0. The molecule has 1 aliphatic rings. The van der Waals surface area contributed by atoms with E-state index in [1.165, 1.54) is 6.42 Å². The lowest BCUT2D eigenvalue weighted by atomic mass is 10.0. The third kappa shape index (κ3) is 2.74. The molecule has 0 heterocycles. The molecule has 3 nitrogen and oxygen atoms in total. The third-order valence-corrected chi connectivity index (χ3v) is 3.37. The minimum Gasteiger partial charge on any atom is -0.508 e. The van der Waals surface area contributed by atoms with Gasteiger partial charge in [-0.15, -0.1) is 0 Å². The van der Waals surface area contributed by atoms with Crippen LogP contribution in [0.2, 0.25) is 0 Å². The van der Waals surface area contributed by atoms with Crippen LogP contribution in [-0.2, 0) is 6.54 Å². The van der Waals surface area contributed by atoms with Crippen molar-refractivity contribution in [3.05, 3.63) is 29.8 Å². The summed E-state index contributed by atoms with van der Waals surface area (Å²) in [4.78, 5) is 0. The Kier molecular flexibility index (Phi) is 3.80. The van der Waals surface area contributed by atoms with Crippen LogP contribution in [0.3, 0.4) is 0 Å². The number of hydrogen-bond donors (Lipinski definition) is 3. The Bertz CT molecular complexity index is 340. The summed E-state index contributed by atoms with van der Waals surface area (Å²) in [7, 11) is 0. The van der Waals surface area contributed by atoms with Crippen molar-refractivity contribution in [1.29, 1.82) is 0 Å². The molecule has 3 N–H and O–H groups in total. The van der Waals surface area contributed by atoms with E-state index in [1.54, 1.807) is 12.1 Å². The molecule has 0 spiro atoms. The van der Waals surface area contributed by atoms with Gasteiger partial charge >= 0.3 is 0 Å². The zero-order valence-corrected chi connectivity index (χ0v) is 9.39. The first-order valence-electron chi connectivity index (χ1n) is 5.92. The summed E-state index contributed by atoms with van der Waals surface area (Å²) in [6.45, 7) is 1.03. The summed E-state index contributed by atoms with van der Waals surface area (Å²) in [5.74, 6) is 0.710. The molecule has 0 saturated heterocycles. The van der Waals surface area contributed by atoms with Crippen LogP contribution in [0.25, 0.3) is 0 Å². The molecule has 0 aliphatic heterocycles. The van der Waals surface area contributed by atoms with Crippen molar-refractivity contribution in [3.63, 3.8) is 0 Å². The first-order valence-corrected chi connectivity index (χ1v) is 5.92. The highest BCUT2D eigenvalue weighted by Crippen LogP contribution is 2.25. The molecule has 0 radical (unpaired) electrons. The Morgan fingerprint density at radius 1 is 1.31 bits per heavy atom. The van der Waals surface area contributed by atoms with Crippen LogP contribution in [0, 0.1) is 5.92 Å². The Labute approximate surface area is 96.1 Å². The van der Waals surface area contributed by atoms with Gasteiger partial charge < -0.3 is 15.5 Å². The van der Waals surface area contributed by atoms with E-state index in [0.29, 0.717) is 17.7 Å². The molecule has 2 unspecified atom stereocenters. The molecule has 0 bridgehead atoms. The molecular formula is C13H19NO2. The van der Waals surface area contributed by atoms with Gasteiger partial charge in [0.1, 0.15) is 5.75 Å². The van der Waals surface area contributed by atoms with Gasteiger partial charge in [0.15, 0.2) is 0 Å². The number of phenols is 1. The smallest absolute Gasteiger partial charge is 0.115 e. The first-order chi connectivity index (χ1) is 7.79. The van der Waals surface area contributed by atoms with E-state index in [9.17, 15) is 10.2 Å². The van der Waals surface area contributed by atoms with Crippen LogP contribution < -0.4 is 5.32 Å². The van der Waals surface area contributed by atoms with Gasteiger partial charge in [-0.1, -0.05) is 18.6 Å². The van der Waals surface area contributed by atoms with Crippen LogP contribution >= 0.6 is 0 Å². The molecule has 3 heteroatoms. The van der Waals surface area contributed by atoms with Gasteiger partial charge in [-0.05, 0) is 36.5 Å². The lowest BCUT2D eigenvalue weighted by Crippen LogP contribution is -2.33. The number of nitrogens with one attached hydrogen (secondary N) is 1. The van der Waals surface area contributed by atoms with Crippen molar-refractivity contribution in [2.75, 3.05) is 6.61 Å². The quantitative estimate of drug-likeness (QED) is 0.724. The van der Waals surface area contributed by atoms with Gasteiger partial charge in [-0.2, -0.15) is 0 Å². The molecule has 1 aliphatic carbocycles. The molecule has 88 valence electrons. The molecule has 2 atom stereocenters. The Morgan fingerprint density at radius 2 is 2.19 bits per heavy atom. The maximum Gasteiger partial charge on any atom is 0.115 e. The van der Waals surface area contributed by atoms with Crippen LogP contribution in [0.15, 0.2) is 24.3 Å². The fraction of sp³-hybridized carbons (Fsp3) is 0.538. The largest absolute Gasteiger partial charge is 0.508 e. The number of phenolic OH excluding ortho intramolecular Hbond substituents is 1. The summed E-state index contributed by atoms with van der Waals surface area (Å²) in [6.07, 6.45) is 3.46. The lowest BCUT2D eigenvalue weighted by Gasteiger charge is -2.19. The van der Waals surface area contributed by atoms with E-state index >= 15 is 0 Å². The molecule has 1 fully saturated rings. The van der Waals surface area contributed by atoms with Gasteiger partial charge in [-0.25, -0.2) is 0 Å². The third-order valence-electron chi connectivity index (χ3n) is 3.37. The molecule has 1 aromatic rings. The second-order valence-corrected chi connectivity index (χ2v) is 4.53. The van der Waals surface area contributed by atoms with E-state index in [0.717, 1.165) is 24.9 Å². The standard InChI is InChI=1S/C13H19NO2/c15-9-11-4-2-6-13(11)14-8-10-3-1-5-12(16)7-10/h1,3,5,7,11,13-16H,2,4,6,8-9H2. The maximum absolute atomic E-state index is 9.34. The molecule has 0 aromatic heterocycles. The van der Waals surface area contributed by atoms with Gasteiger partial charge in [0.2, 0.25) is 0 Å². The van der Waals surface area contributed by atoms with Crippen molar-refractivity contribution in [2.24, 2.45) is 5.92 Å². The normalized spacial score (nSPS) is 24.8. The zero-order chi connectivity index (χ0) is 11.4. The highest BCUT2D eigenvalue weighted by molar-refractivity contribution is 5.26. The van der Waals surface area contributed by atoms with Gasteiger partial charge in [0, 0.05) is 19.2 Å². The van der Waals surface area contributed by atoms with Crippen LogP contribution in [0.4, 0.5) is 0 Å². The Balaban J connectivity index is 1.87. The SMILES string of the molecule is OCC1CCCC1NCc1cccc(O)c1. The number of aliphatic hydroxyl groups excluding tert-OH is 1. The average molecular weight is 221 g/mol. The molecule has 0 amide bonds. The van der Waals surface area contributed by atoms with Crippen molar-refractivity contribution in [2.45, 2.75) is 31.8 Å². The second kappa shape index (κ2) is 5.32. The molecule has 1 saturated carbocycles. The van der Waals surface area contributed by atoms with Gasteiger partial charge in [0.25, 0.3) is 0 Å². The summed E-state index contributed by atoms with van der Waals surface area (Å²) in [5, 5.41) is 22.0. The number of aliphatic hydroxyl groups is 1. The summed E-state index contributed by atoms with van der Waals surface area (Å²) in [6, 6.07) is 7.72. The van der Waals surface area contributed by atoms with Crippen LogP contribution in [0.5, 0.6) is 5.75 Å². The highest BCUT2D eigenvalue weighted by Gasteiger charge is 2.25. The predicted molar refractivity (Wildman–Crippen MR) is 63.2 cm³/mol. The van der Waals surface area contributed by atoms with E-state index in [1.807, 2.05) is 12.1 Å². The minimum absolute atomic E-state index is 0.276. The van der Waals surface area contributed by atoms with Crippen molar-refractivity contribution in [1.82, 2.24) is 5.32 Å². The lowest BCUT2D eigenvalue weighted by molar-refractivity contribution is 0.205. The topological polar surface area (TPSA) is 52.5 Å². The Hall–Kier alpha value is -1.06. The first kappa shape index (κ1) is 11.4. The second-order valence-electron chi connectivity index (χ2n) is 4.53. The van der Waals surface area contributed by atoms with Crippen molar-refractivity contribution >= 4 is 0 Å². The zero-order valence-electron chi connectivity index (χ0n) is 9.39. The fourth-order valence-electron chi connectivity index (χ4n) is 2.44. The highest BCUT2D eigenvalue weighted by atomic mass is 16.3. The summed E-state index contributed by atoms with van der Waals surface area (Å²) in [5.41, 5.74) is 1.09. The fourth-order valence-corrected chi connectivity index (χ4v) is 2.44. The average Bonchev–Trinajstić information content (AvgIpc) is 2.74. The number of benzene rings is 1. The summed E-state index contributed by atoms with van der Waals surface area (Å²) >= 11 is 0. The maximum atomic E-state index is 9.34. The number of hydrogen-bond acceptors (Lipinski definition) is 3. The minimum atomic E-state index is 0.276. The molecular weight excluding hydrogens is 202 g/mol. The van der Waals surface area contributed by atoms with Gasteiger partial charge in [0.05, 0.1) is 0 Å². The van der Waals surface area contributed by atoms with E-state index in [2.05, 4.69) is 5.32 Å². The number of rotatable bonds is 4. The predicted octanol–water partition coefficient (Wildman–Crippen LogP) is 1.64. The van der Waals surface area contributed by atoms with Crippen molar-refractivity contribution < 1.29 is 10.2 Å². The monoisotopic (exact) mass is 221 g/mol. The van der Waals surface area contributed by atoms with Crippen molar-refractivity contribution in [3.8, 4) is 5.75 Å². The van der Waals surface area contributed by atoms with Crippen LogP contribution in [-0.4, -0.2) is 22.9 Å². The Morgan fingerprint density at radius 3 is 2.94 bits per heavy atom. The molecule has 2 rings (SSSR count). The van der Waals surface area contributed by atoms with E-state index in [4.69, 9.17) is 0 Å². The number of aromatic hydroxyl groups is 1. The van der Waals surface area contributed by atoms with Crippen LogP contribution in [0.1, 0.15) is 24.8 Å². The molecule has 1 aromatic carbocycles.